The number of nitrogens with one attached hydrogen (secondary N) is 2. The molecule has 11 nitrogen and oxygen atoms in total. The molecular formula is C26H38ClN5O6. The number of carbonyl (C=O) groups is 2. The minimum absolute atomic E-state index is 0.0773. The van der Waals surface area contributed by atoms with Gasteiger partial charge in [-0.2, -0.15) is 0 Å². The number of aryl methyl sites for hydroxylation is 1. The lowest BCUT2D eigenvalue weighted by Crippen LogP contribution is -2.46. The van der Waals surface area contributed by atoms with Crippen molar-refractivity contribution in [3.8, 4) is 0 Å². The monoisotopic (exact) mass is 551 g/mol. The third-order valence-electron chi connectivity index (χ3n) is 6.39. The molecule has 1 aromatic heterocycles. The van der Waals surface area contributed by atoms with E-state index in [-0.39, 0.29) is 36.3 Å². The Labute approximate surface area is 227 Å². The molecule has 0 radical (unpaired) electrons. The van der Waals surface area contributed by atoms with Crippen molar-refractivity contribution in [2.75, 3.05) is 46.1 Å². The van der Waals surface area contributed by atoms with E-state index in [1.807, 2.05) is 0 Å². The highest BCUT2D eigenvalue weighted by atomic mass is 35.5. The van der Waals surface area contributed by atoms with Gasteiger partial charge in [0.25, 0.3) is 5.56 Å². The van der Waals surface area contributed by atoms with Gasteiger partial charge in [-0.15, -0.1) is 0 Å². The Balaban J connectivity index is 1.46. The highest BCUT2D eigenvalue weighted by Gasteiger charge is 2.25. The number of ketones is 1. The van der Waals surface area contributed by atoms with Gasteiger partial charge in [-0.3, -0.25) is 19.0 Å². The maximum atomic E-state index is 13.0. The summed E-state index contributed by atoms with van der Waals surface area (Å²) >= 11 is 6.44. The van der Waals surface area contributed by atoms with E-state index < -0.39 is 6.10 Å². The number of piperidine rings is 1. The fourth-order valence-electron chi connectivity index (χ4n) is 4.37. The minimum atomic E-state index is -0.561. The molecular weight excluding hydrogens is 514 g/mol. The molecule has 2 heterocycles. The zero-order chi connectivity index (χ0) is 27.3. The number of nitrogens with zero attached hydrogens (tertiary/aromatic N) is 2. The van der Waals surface area contributed by atoms with E-state index in [2.05, 4.69) is 15.6 Å². The number of nitrogens with two attached hydrogens (primary N) is 1. The average molecular weight is 552 g/mol. The molecule has 3 rings (SSSR count). The van der Waals surface area contributed by atoms with Gasteiger partial charge in [0.15, 0.2) is 5.78 Å². The minimum Gasteiger partial charge on any atom is -0.391 e. The maximum Gasteiger partial charge on any atom is 0.261 e. The fourth-order valence-corrected chi connectivity index (χ4v) is 4.62. The van der Waals surface area contributed by atoms with Crippen LogP contribution in [0.3, 0.4) is 0 Å². The van der Waals surface area contributed by atoms with Gasteiger partial charge in [-0.1, -0.05) is 11.6 Å². The number of aliphatic hydroxyl groups is 1. The van der Waals surface area contributed by atoms with Gasteiger partial charge in [0.2, 0.25) is 5.91 Å². The van der Waals surface area contributed by atoms with Crippen LogP contribution >= 0.6 is 11.6 Å². The molecule has 5 N–H and O–H groups in total. The number of aliphatic hydroxyl groups excluding tert-OH is 1. The first-order valence-electron chi connectivity index (χ1n) is 13.1. The van der Waals surface area contributed by atoms with Gasteiger partial charge in [-0.05, 0) is 49.9 Å². The van der Waals surface area contributed by atoms with Crippen molar-refractivity contribution in [1.29, 1.82) is 0 Å². The third-order valence-corrected chi connectivity index (χ3v) is 6.74. The van der Waals surface area contributed by atoms with Gasteiger partial charge in [0, 0.05) is 37.0 Å². The molecule has 1 aliphatic rings. The zero-order valence-electron chi connectivity index (χ0n) is 21.6. The normalized spacial score (nSPS) is 17.6. The van der Waals surface area contributed by atoms with E-state index in [4.69, 9.17) is 26.8 Å². The van der Waals surface area contributed by atoms with Gasteiger partial charge < -0.3 is 30.9 Å². The number of halogens is 1. The number of amides is 1. The van der Waals surface area contributed by atoms with Gasteiger partial charge >= 0.3 is 0 Å². The van der Waals surface area contributed by atoms with Crippen molar-refractivity contribution >= 4 is 34.2 Å². The van der Waals surface area contributed by atoms with E-state index >= 15 is 0 Å². The summed E-state index contributed by atoms with van der Waals surface area (Å²) in [6.45, 7) is 3.38. The van der Waals surface area contributed by atoms with Crippen molar-refractivity contribution in [1.82, 2.24) is 20.2 Å². The van der Waals surface area contributed by atoms with Crippen LogP contribution in [-0.4, -0.2) is 84.6 Å². The standard InChI is InChI=1S/C26H38ClN5O6/c27-21-15-20-22(13-18(21)3-1-5-25(35)30-8-10-38-12-11-37-9-6-28)31-17-32(26(20)36)16-19(33)14-23-24(34)4-2-7-29-23/h13,15,17,23-24,29,34H,1-12,14,16,28H2,(H,30,35)/t23-,24+/m1/s1. The number of Topliss-reactive ketones (excluding diaryl/α,β-unsaturated/α-hetero) is 1. The zero-order valence-corrected chi connectivity index (χ0v) is 22.4. The highest BCUT2D eigenvalue weighted by Crippen LogP contribution is 2.23. The van der Waals surface area contributed by atoms with Crippen LogP contribution in [-0.2, 0) is 32.0 Å². The second-order valence-corrected chi connectivity index (χ2v) is 9.78. The molecule has 2 aromatic rings. The molecule has 2 atom stereocenters. The number of hydrogen-bond donors (Lipinski definition) is 4. The molecule has 210 valence electrons. The summed E-state index contributed by atoms with van der Waals surface area (Å²) < 4.78 is 11.9. The van der Waals surface area contributed by atoms with Gasteiger partial charge in [0.05, 0.1) is 56.3 Å². The van der Waals surface area contributed by atoms with Crippen LogP contribution in [0.2, 0.25) is 5.02 Å². The molecule has 0 saturated carbocycles. The summed E-state index contributed by atoms with van der Waals surface area (Å²) in [4.78, 5) is 42.0. The van der Waals surface area contributed by atoms with Gasteiger partial charge in [0.1, 0.15) is 0 Å². The first kappa shape index (κ1) is 30.1. The number of ether oxygens (including phenoxy) is 2. The summed E-state index contributed by atoms with van der Waals surface area (Å²) in [6, 6.07) is 3.04. The first-order valence-corrected chi connectivity index (χ1v) is 13.5. The van der Waals surface area contributed by atoms with Crippen molar-refractivity contribution in [2.24, 2.45) is 5.73 Å². The van der Waals surface area contributed by atoms with Crippen LogP contribution in [0.1, 0.15) is 37.7 Å². The lowest BCUT2D eigenvalue weighted by Gasteiger charge is -2.28. The second kappa shape index (κ2) is 15.9. The Morgan fingerprint density at radius 1 is 1.24 bits per heavy atom. The highest BCUT2D eigenvalue weighted by molar-refractivity contribution is 6.32. The maximum absolute atomic E-state index is 13.0. The average Bonchev–Trinajstić information content (AvgIpc) is 2.89. The Hall–Kier alpha value is -2.41. The summed E-state index contributed by atoms with van der Waals surface area (Å²) in [5, 5.41) is 16.8. The molecule has 0 unspecified atom stereocenters. The molecule has 0 spiro atoms. The summed E-state index contributed by atoms with van der Waals surface area (Å²) in [6.07, 6.45) is 3.95. The van der Waals surface area contributed by atoms with E-state index in [0.29, 0.717) is 81.1 Å². The lowest BCUT2D eigenvalue weighted by atomic mass is 9.97. The number of hydrogen-bond acceptors (Lipinski definition) is 9. The van der Waals surface area contributed by atoms with Crippen LogP contribution in [0.4, 0.5) is 0 Å². The van der Waals surface area contributed by atoms with E-state index in [1.165, 1.54) is 10.9 Å². The van der Waals surface area contributed by atoms with Crippen LogP contribution < -0.4 is 21.9 Å². The molecule has 1 aliphatic heterocycles. The molecule has 38 heavy (non-hydrogen) atoms. The largest absolute Gasteiger partial charge is 0.391 e. The number of rotatable bonds is 16. The smallest absolute Gasteiger partial charge is 0.261 e. The summed E-state index contributed by atoms with van der Waals surface area (Å²) in [5.41, 5.74) is 6.27. The van der Waals surface area contributed by atoms with Crippen molar-refractivity contribution < 1.29 is 24.2 Å². The van der Waals surface area contributed by atoms with E-state index in [1.54, 1.807) is 12.1 Å². The topological polar surface area (TPSA) is 158 Å². The second-order valence-electron chi connectivity index (χ2n) is 9.37. The van der Waals surface area contributed by atoms with Crippen molar-refractivity contribution in [3.05, 3.63) is 39.4 Å². The molecule has 0 aliphatic carbocycles. The Morgan fingerprint density at radius 2 is 2.03 bits per heavy atom. The molecule has 1 saturated heterocycles. The predicted octanol–water partition coefficient (Wildman–Crippen LogP) is 0.553. The summed E-state index contributed by atoms with van der Waals surface area (Å²) in [5.74, 6) is -0.234. The van der Waals surface area contributed by atoms with E-state index in [0.717, 1.165) is 18.5 Å². The fraction of sp³-hybridized carbons (Fsp3) is 0.615. The van der Waals surface area contributed by atoms with Crippen LogP contribution in [0.25, 0.3) is 10.9 Å². The first-order chi connectivity index (χ1) is 18.4. The van der Waals surface area contributed by atoms with Crippen LogP contribution in [0.15, 0.2) is 23.3 Å². The third kappa shape index (κ3) is 9.40. The van der Waals surface area contributed by atoms with Crippen molar-refractivity contribution in [3.63, 3.8) is 0 Å². The molecule has 1 fully saturated rings. The number of fused-ring (bicyclic) bond motifs is 1. The van der Waals surface area contributed by atoms with Crippen LogP contribution in [0, 0.1) is 0 Å². The SMILES string of the molecule is NCCOCCOCCNC(=O)CCCc1cc2ncn(CC(=O)C[C@H]3NCCC[C@@H]3O)c(=O)c2cc1Cl. The summed E-state index contributed by atoms with van der Waals surface area (Å²) in [7, 11) is 0. The van der Waals surface area contributed by atoms with Gasteiger partial charge in [-0.25, -0.2) is 4.98 Å². The Bertz CT molecular complexity index is 1130. The molecule has 1 amide bonds. The number of aromatic nitrogens is 2. The number of carbonyl (C=O) groups excluding carboxylic acids is 2. The lowest BCUT2D eigenvalue weighted by molar-refractivity contribution is -0.122. The molecule has 12 heteroatoms. The quantitative estimate of drug-likeness (QED) is 0.219. The van der Waals surface area contributed by atoms with Crippen molar-refractivity contribution in [2.45, 2.75) is 57.2 Å². The van der Waals surface area contributed by atoms with Crippen LogP contribution in [0.5, 0.6) is 0 Å². The molecule has 0 bridgehead atoms. The predicted molar refractivity (Wildman–Crippen MR) is 144 cm³/mol. The van der Waals surface area contributed by atoms with E-state index in [9.17, 15) is 19.5 Å². The molecule has 1 aromatic carbocycles. The Morgan fingerprint density at radius 3 is 2.79 bits per heavy atom. The number of benzene rings is 1. The Kier molecular flexibility index (Phi) is 12.6.